The third-order valence-corrected chi connectivity index (χ3v) is 4.60. The van der Waals surface area contributed by atoms with Crippen LogP contribution in [0.5, 0.6) is 0 Å². The Balaban J connectivity index is 2.22. The van der Waals surface area contributed by atoms with E-state index in [9.17, 15) is 13.2 Å². The maximum absolute atomic E-state index is 13.6. The molecule has 3 unspecified atom stereocenters. The fourth-order valence-corrected chi connectivity index (χ4v) is 3.35. The smallest absolute Gasteiger partial charge is 0.329 e. The Labute approximate surface area is 129 Å². The van der Waals surface area contributed by atoms with Crippen molar-refractivity contribution in [3.8, 4) is 0 Å². The van der Waals surface area contributed by atoms with E-state index < -0.39 is 30.0 Å². The quantitative estimate of drug-likeness (QED) is 0.610. The average Bonchev–Trinajstić information content (AvgIpc) is 2.52. The number of halogens is 3. The molecule has 5 nitrogen and oxygen atoms in total. The Morgan fingerprint density at radius 2 is 2.00 bits per heavy atom. The van der Waals surface area contributed by atoms with Crippen molar-refractivity contribution in [3.63, 3.8) is 0 Å². The van der Waals surface area contributed by atoms with Crippen molar-refractivity contribution < 1.29 is 13.2 Å². The summed E-state index contributed by atoms with van der Waals surface area (Å²) in [6.45, 7) is 0.575. The summed E-state index contributed by atoms with van der Waals surface area (Å²) in [5.74, 6) is -1.76. The van der Waals surface area contributed by atoms with Crippen LogP contribution in [0.2, 0.25) is 0 Å². The molecule has 8 heteroatoms. The highest BCUT2D eigenvalue weighted by atomic mass is 19.4. The molecule has 2 aliphatic rings. The van der Waals surface area contributed by atoms with Crippen LogP contribution < -0.4 is 22.1 Å². The van der Waals surface area contributed by atoms with Gasteiger partial charge >= 0.3 is 6.18 Å². The van der Waals surface area contributed by atoms with Crippen molar-refractivity contribution in [2.24, 2.45) is 22.4 Å². The molecular formula is C14H26F3N5. The van der Waals surface area contributed by atoms with Gasteiger partial charge in [0, 0.05) is 19.3 Å². The summed E-state index contributed by atoms with van der Waals surface area (Å²) in [5, 5.41) is 5.70. The molecular weight excluding hydrogens is 295 g/mol. The second-order valence-electron chi connectivity index (χ2n) is 6.20. The van der Waals surface area contributed by atoms with E-state index in [1.165, 1.54) is 0 Å². The minimum atomic E-state index is -4.34. The predicted molar refractivity (Wildman–Crippen MR) is 80.4 cm³/mol. The number of aliphatic imine (C=N–C) groups is 1. The highest BCUT2D eigenvalue weighted by Crippen LogP contribution is 2.36. The standard InChI is InChI=1S/C14H26F3N5/c15-13(16,17)12(10-5-2-1-3-6-10)22-14(11(19)9-18)20-7-4-8-21-14/h7,10-12,21-22H,1-6,8-9,18-19H2. The van der Waals surface area contributed by atoms with Gasteiger partial charge in [0.05, 0.1) is 6.04 Å². The molecule has 0 radical (unpaired) electrons. The van der Waals surface area contributed by atoms with E-state index >= 15 is 0 Å². The van der Waals surface area contributed by atoms with E-state index in [1.54, 1.807) is 6.21 Å². The van der Waals surface area contributed by atoms with Gasteiger partial charge in [0.15, 0.2) is 5.79 Å². The number of hydrogen-bond acceptors (Lipinski definition) is 5. The van der Waals surface area contributed by atoms with Crippen molar-refractivity contribution in [2.45, 2.75) is 62.6 Å². The van der Waals surface area contributed by atoms with Crippen molar-refractivity contribution in [2.75, 3.05) is 13.1 Å². The lowest BCUT2D eigenvalue weighted by Gasteiger charge is -2.44. The second kappa shape index (κ2) is 7.25. The lowest BCUT2D eigenvalue weighted by atomic mass is 9.83. The van der Waals surface area contributed by atoms with Gasteiger partial charge in [-0.25, -0.2) is 0 Å². The summed E-state index contributed by atoms with van der Waals surface area (Å²) in [5.41, 5.74) is 11.6. The van der Waals surface area contributed by atoms with Crippen LogP contribution in [0.15, 0.2) is 4.99 Å². The van der Waals surface area contributed by atoms with Gasteiger partial charge in [-0.2, -0.15) is 13.2 Å². The fourth-order valence-electron chi connectivity index (χ4n) is 3.35. The van der Waals surface area contributed by atoms with Crippen molar-refractivity contribution in [3.05, 3.63) is 0 Å². The molecule has 0 saturated heterocycles. The first kappa shape index (κ1) is 17.7. The molecule has 2 rings (SSSR count). The summed E-state index contributed by atoms with van der Waals surface area (Å²) in [6.07, 6.45) is 1.79. The summed E-state index contributed by atoms with van der Waals surface area (Å²) in [7, 11) is 0. The lowest BCUT2D eigenvalue weighted by Crippen LogP contribution is -2.73. The van der Waals surface area contributed by atoms with Gasteiger partial charge in [-0.05, 0) is 25.2 Å². The maximum atomic E-state index is 13.6. The third kappa shape index (κ3) is 3.98. The van der Waals surface area contributed by atoms with Crippen LogP contribution in [0.3, 0.4) is 0 Å². The Bertz CT molecular complexity index is 381. The molecule has 1 fully saturated rings. The van der Waals surface area contributed by atoms with Crippen LogP contribution in [0.4, 0.5) is 13.2 Å². The van der Waals surface area contributed by atoms with Crippen molar-refractivity contribution >= 4 is 6.21 Å². The summed E-state index contributed by atoms with van der Waals surface area (Å²) < 4.78 is 40.7. The number of hydrogen-bond donors (Lipinski definition) is 4. The first-order chi connectivity index (χ1) is 10.4. The average molecular weight is 321 g/mol. The largest absolute Gasteiger partial charge is 0.404 e. The molecule has 1 aliphatic heterocycles. The zero-order valence-electron chi connectivity index (χ0n) is 12.7. The summed E-state index contributed by atoms with van der Waals surface area (Å²) >= 11 is 0. The van der Waals surface area contributed by atoms with Gasteiger partial charge in [0.1, 0.15) is 6.04 Å². The fraction of sp³-hybridized carbons (Fsp3) is 0.929. The van der Waals surface area contributed by atoms with Gasteiger partial charge in [0.25, 0.3) is 0 Å². The second-order valence-corrected chi connectivity index (χ2v) is 6.20. The Kier molecular flexibility index (Phi) is 5.81. The Morgan fingerprint density at radius 1 is 1.32 bits per heavy atom. The van der Waals surface area contributed by atoms with E-state index in [0.29, 0.717) is 25.8 Å². The van der Waals surface area contributed by atoms with Gasteiger partial charge in [-0.3, -0.25) is 15.6 Å². The minimum Gasteiger partial charge on any atom is -0.329 e. The number of alkyl halides is 3. The minimum absolute atomic E-state index is 0.0482. The van der Waals surface area contributed by atoms with Crippen molar-refractivity contribution in [1.82, 2.24) is 10.6 Å². The molecule has 0 aromatic heterocycles. The van der Waals surface area contributed by atoms with Gasteiger partial charge < -0.3 is 11.5 Å². The normalized spacial score (nSPS) is 30.2. The summed E-state index contributed by atoms with van der Waals surface area (Å²) in [4.78, 5) is 4.23. The van der Waals surface area contributed by atoms with Crippen LogP contribution in [0.1, 0.15) is 38.5 Å². The maximum Gasteiger partial charge on any atom is 0.404 e. The Hall–Kier alpha value is -0.700. The molecule has 0 aromatic rings. The van der Waals surface area contributed by atoms with E-state index in [2.05, 4.69) is 15.6 Å². The molecule has 0 bridgehead atoms. The van der Waals surface area contributed by atoms with Gasteiger partial charge in [-0.15, -0.1) is 0 Å². The molecule has 3 atom stereocenters. The third-order valence-electron chi connectivity index (χ3n) is 4.60. The van der Waals surface area contributed by atoms with Gasteiger partial charge in [-0.1, -0.05) is 19.3 Å². The highest BCUT2D eigenvalue weighted by molar-refractivity contribution is 5.59. The Morgan fingerprint density at radius 3 is 2.50 bits per heavy atom. The lowest BCUT2D eigenvalue weighted by molar-refractivity contribution is -0.177. The zero-order chi connectivity index (χ0) is 16.2. The summed E-state index contributed by atoms with van der Waals surface area (Å²) in [6, 6.07) is -2.34. The van der Waals surface area contributed by atoms with Crippen LogP contribution in [0.25, 0.3) is 0 Å². The number of nitrogens with one attached hydrogen (secondary N) is 2. The molecule has 1 heterocycles. The molecule has 1 aliphatic carbocycles. The highest BCUT2D eigenvalue weighted by Gasteiger charge is 2.50. The topological polar surface area (TPSA) is 88.5 Å². The molecule has 0 spiro atoms. The van der Waals surface area contributed by atoms with Crippen LogP contribution in [-0.4, -0.2) is 43.4 Å². The van der Waals surface area contributed by atoms with Crippen LogP contribution in [0, 0.1) is 5.92 Å². The molecule has 22 heavy (non-hydrogen) atoms. The number of nitrogens with zero attached hydrogens (tertiary/aromatic N) is 1. The molecule has 128 valence electrons. The van der Waals surface area contributed by atoms with Crippen LogP contribution >= 0.6 is 0 Å². The molecule has 1 saturated carbocycles. The van der Waals surface area contributed by atoms with Gasteiger partial charge in [0.2, 0.25) is 0 Å². The zero-order valence-corrected chi connectivity index (χ0v) is 12.7. The first-order valence-corrected chi connectivity index (χ1v) is 7.98. The monoisotopic (exact) mass is 321 g/mol. The number of rotatable bonds is 5. The number of nitrogens with two attached hydrogens (primary N) is 2. The van der Waals surface area contributed by atoms with E-state index in [1.807, 2.05) is 0 Å². The van der Waals surface area contributed by atoms with Crippen molar-refractivity contribution in [1.29, 1.82) is 0 Å². The predicted octanol–water partition coefficient (Wildman–Crippen LogP) is 1.09. The molecule has 0 amide bonds. The van der Waals surface area contributed by atoms with Crippen LogP contribution in [-0.2, 0) is 0 Å². The van der Waals surface area contributed by atoms with E-state index in [4.69, 9.17) is 11.5 Å². The molecule has 0 aromatic carbocycles. The van der Waals surface area contributed by atoms with E-state index in [0.717, 1.165) is 19.3 Å². The first-order valence-electron chi connectivity index (χ1n) is 7.98. The van der Waals surface area contributed by atoms with E-state index in [-0.39, 0.29) is 6.54 Å². The SMILES string of the molecule is NCC(N)C1(NC(C2CCCCC2)C(F)(F)F)N=CCCN1. The molecule has 6 N–H and O–H groups in total.